The van der Waals surface area contributed by atoms with Gasteiger partial charge in [-0.3, -0.25) is 4.79 Å². The molecule has 1 fully saturated rings. The minimum Gasteiger partial charge on any atom is -0.394 e. The zero-order valence-corrected chi connectivity index (χ0v) is 12.0. The number of aliphatic hydroxyl groups is 1. The number of aryl methyl sites for hydroxylation is 1. The van der Waals surface area contributed by atoms with Gasteiger partial charge in [-0.2, -0.15) is 0 Å². The highest BCUT2D eigenvalue weighted by molar-refractivity contribution is 5.96. The highest BCUT2D eigenvalue weighted by Gasteiger charge is 2.37. The van der Waals surface area contributed by atoms with E-state index in [2.05, 4.69) is 12.1 Å². The second-order valence-electron chi connectivity index (χ2n) is 5.68. The van der Waals surface area contributed by atoms with Crippen LogP contribution < -0.4 is 0 Å². The number of hydrogen-bond acceptors (Lipinski definition) is 4. The smallest absolute Gasteiger partial charge is 0.259 e. The molecule has 19 heavy (non-hydrogen) atoms. The lowest BCUT2D eigenvalue weighted by Gasteiger charge is -2.25. The van der Waals surface area contributed by atoms with E-state index in [-0.39, 0.29) is 24.5 Å². The summed E-state index contributed by atoms with van der Waals surface area (Å²) in [6, 6.07) is -0.0955. The molecule has 5 heteroatoms. The molecule has 2 atom stereocenters. The highest BCUT2D eigenvalue weighted by atomic mass is 16.5. The minimum atomic E-state index is -0.0955. The summed E-state index contributed by atoms with van der Waals surface area (Å²) < 4.78 is 5.27. The quantitative estimate of drug-likeness (QED) is 0.908. The van der Waals surface area contributed by atoms with Crippen molar-refractivity contribution in [2.45, 2.75) is 46.1 Å². The first-order valence-corrected chi connectivity index (χ1v) is 6.85. The average Bonchev–Trinajstić information content (AvgIpc) is 2.91. The van der Waals surface area contributed by atoms with Crippen LogP contribution >= 0.6 is 0 Å². The third kappa shape index (κ3) is 2.39. The van der Waals surface area contributed by atoms with Gasteiger partial charge in [0.25, 0.3) is 5.91 Å². The molecule has 1 aromatic rings. The Hall–Kier alpha value is -1.36. The molecule has 0 saturated carbocycles. The first-order chi connectivity index (χ1) is 8.97. The lowest BCUT2D eigenvalue weighted by molar-refractivity contribution is 0.0644. The van der Waals surface area contributed by atoms with Gasteiger partial charge in [0.2, 0.25) is 0 Å². The molecule has 5 nitrogen and oxygen atoms in total. The van der Waals surface area contributed by atoms with Gasteiger partial charge >= 0.3 is 0 Å². The van der Waals surface area contributed by atoms with Crippen molar-refractivity contribution in [2.24, 2.45) is 5.92 Å². The SMILES string of the molecule is Cc1noc(C(C)C)c1C(=O)N1CCC(C)C1CO. The van der Waals surface area contributed by atoms with Crippen LogP contribution in [0.1, 0.15) is 54.9 Å². The van der Waals surface area contributed by atoms with E-state index in [9.17, 15) is 9.90 Å². The van der Waals surface area contributed by atoms with Gasteiger partial charge in [0.05, 0.1) is 18.3 Å². The van der Waals surface area contributed by atoms with E-state index in [0.29, 0.717) is 29.5 Å². The lowest BCUT2D eigenvalue weighted by Crippen LogP contribution is -2.40. The second-order valence-corrected chi connectivity index (χ2v) is 5.68. The van der Waals surface area contributed by atoms with Crippen LogP contribution in [0, 0.1) is 12.8 Å². The van der Waals surface area contributed by atoms with Crippen LogP contribution in [0.5, 0.6) is 0 Å². The number of likely N-dealkylation sites (tertiary alicyclic amines) is 1. The molecule has 0 bridgehead atoms. The summed E-state index contributed by atoms with van der Waals surface area (Å²) >= 11 is 0. The van der Waals surface area contributed by atoms with Gasteiger partial charge in [0.15, 0.2) is 5.76 Å². The Kier molecular flexibility index (Phi) is 3.94. The maximum Gasteiger partial charge on any atom is 0.259 e. The summed E-state index contributed by atoms with van der Waals surface area (Å²) in [6.45, 7) is 8.51. The van der Waals surface area contributed by atoms with Crippen molar-refractivity contribution < 1.29 is 14.4 Å². The van der Waals surface area contributed by atoms with Crippen LogP contribution in [0.2, 0.25) is 0 Å². The van der Waals surface area contributed by atoms with Crippen molar-refractivity contribution in [2.75, 3.05) is 13.2 Å². The van der Waals surface area contributed by atoms with E-state index in [1.807, 2.05) is 13.8 Å². The standard InChI is InChI=1S/C14H22N2O3/c1-8(2)13-12(10(4)15-19-13)14(18)16-6-5-9(3)11(16)7-17/h8-9,11,17H,5-7H2,1-4H3. The van der Waals surface area contributed by atoms with E-state index < -0.39 is 0 Å². The summed E-state index contributed by atoms with van der Waals surface area (Å²) in [4.78, 5) is 14.4. The molecule has 2 unspecified atom stereocenters. The molecule has 1 aliphatic rings. The predicted molar refractivity (Wildman–Crippen MR) is 71.0 cm³/mol. The molecule has 1 amide bonds. The Balaban J connectivity index is 2.32. The first kappa shape index (κ1) is 14.1. The Morgan fingerprint density at radius 1 is 1.58 bits per heavy atom. The Morgan fingerprint density at radius 2 is 2.26 bits per heavy atom. The van der Waals surface area contributed by atoms with E-state index in [1.54, 1.807) is 11.8 Å². The van der Waals surface area contributed by atoms with Crippen LogP contribution in [0.15, 0.2) is 4.52 Å². The van der Waals surface area contributed by atoms with Gasteiger partial charge in [-0.25, -0.2) is 0 Å². The monoisotopic (exact) mass is 266 g/mol. The molecular formula is C14H22N2O3. The molecule has 2 rings (SSSR count). The third-order valence-corrected chi connectivity index (χ3v) is 3.96. The van der Waals surface area contributed by atoms with Crippen molar-refractivity contribution in [3.63, 3.8) is 0 Å². The predicted octanol–water partition coefficient (Wildman–Crippen LogP) is 1.95. The molecule has 0 aromatic carbocycles. The summed E-state index contributed by atoms with van der Waals surface area (Å²) in [5, 5.41) is 13.4. The van der Waals surface area contributed by atoms with Gasteiger partial charge in [-0.05, 0) is 19.3 Å². The molecule has 1 aliphatic heterocycles. The zero-order valence-electron chi connectivity index (χ0n) is 12.0. The largest absolute Gasteiger partial charge is 0.394 e. The minimum absolute atomic E-state index is 0.00818. The number of carbonyl (C=O) groups excluding carboxylic acids is 1. The van der Waals surface area contributed by atoms with Gasteiger partial charge in [0, 0.05) is 12.5 Å². The third-order valence-electron chi connectivity index (χ3n) is 3.96. The molecule has 1 aromatic heterocycles. The molecule has 0 spiro atoms. The summed E-state index contributed by atoms with van der Waals surface area (Å²) in [7, 11) is 0. The molecule has 0 aliphatic carbocycles. The zero-order chi connectivity index (χ0) is 14.2. The van der Waals surface area contributed by atoms with Crippen LogP contribution in [-0.2, 0) is 0 Å². The lowest BCUT2D eigenvalue weighted by atomic mass is 10.0. The number of aliphatic hydroxyl groups excluding tert-OH is 1. The maximum absolute atomic E-state index is 12.7. The molecule has 106 valence electrons. The fourth-order valence-electron chi connectivity index (χ4n) is 2.72. The molecule has 1 saturated heterocycles. The van der Waals surface area contributed by atoms with E-state index >= 15 is 0 Å². The fraction of sp³-hybridized carbons (Fsp3) is 0.714. The summed E-state index contributed by atoms with van der Waals surface area (Å²) in [6.07, 6.45) is 0.929. The summed E-state index contributed by atoms with van der Waals surface area (Å²) in [5.74, 6) is 1.02. The number of aromatic nitrogens is 1. The Labute approximate surface area is 113 Å². The molecular weight excluding hydrogens is 244 g/mol. The number of carbonyl (C=O) groups is 1. The van der Waals surface area contributed by atoms with Gasteiger partial charge in [0.1, 0.15) is 5.56 Å². The molecule has 2 heterocycles. The first-order valence-electron chi connectivity index (χ1n) is 6.85. The Bertz CT molecular complexity index is 467. The average molecular weight is 266 g/mol. The van der Waals surface area contributed by atoms with Crippen molar-refractivity contribution in [1.82, 2.24) is 10.1 Å². The number of hydrogen-bond donors (Lipinski definition) is 1. The van der Waals surface area contributed by atoms with Crippen LogP contribution in [0.4, 0.5) is 0 Å². The summed E-state index contributed by atoms with van der Waals surface area (Å²) in [5.41, 5.74) is 1.20. The molecule has 1 N–H and O–H groups in total. The van der Waals surface area contributed by atoms with E-state index in [4.69, 9.17) is 4.52 Å². The number of nitrogens with zero attached hydrogens (tertiary/aromatic N) is 2. The molecule has 0 radical (unpaired) electrons. The normalized spacial score (nSPS) is 23.4. The van der Waals surface area contributed by atoms with Crippen LogP contribution in [0.3, 0.4) is 0 Å². The number of amides is 1. The van der Waals surface area contributed by atoms with Gasteiger partial charge in [-0.15, -0.1) is 0 Å². The Morgan fingerprint density at radius 3 is 2.84 bits per heavy atom. The van der Waals surface area contributed by atoms with Crippen molar-refractivity contribution in [3.8, 4) is 0 Å². The maximum atomic E-state index is 12.7. The van der Waals surface area contributed by atoms with Crippen LogP contribution in [-0.4, -0.2) is 40.3 Å². The van der Waals surface area contributed by atoms with E-state index in [0.717, 1.165) is 6.42 Å². The van der Waals surface area contributed by atoms with Gasteiger partial charge < -0.3 is 14.5 Å². The second kappa shape index (κ2) is 5.33. The number of rotatable bonds is 3. The van der Waals surface area contributed by atoms with Crippen molar-refractivity contribution in [1.29, 1.82) is 0 Å². The van der Waals surface area contributed by atoms with Crippen molar-refractivity contribution >= 4 is 5.91 Å². The van der Waals surface area contributed by atoms with Gasteiger partial charge in [-0.1, -0.05) is 25.9 Å². The fourth-order valence-corrected chi connectivity index (χ4v) is 2.72. The highest BCUT2D eigenvalue weighted by Crippen LogP contribution is 2.29. The topological polar surface area (TPSA) is 66.6 Å². The van der Waals surface area contributed by atoms with Crippen molar-refractivity contribution in [3.05, 3.63) is 17.0 Å². The van der Waals surface area contributed by atoms with E-state index in [1.165, 1.54) is 0 Å². The van der Waals surface area contributed by atoms with Crippen LogP contribution in [0.25, 0.3) is 0 Å².